The molecule has 5 heteroatoms. The summed E-state index contributed by atoms with van der Waals surface area (Å²) in [6.07, 6.45) is 5.39. The topological polar surface area (TPSA) is 71.9 Å². The zero-order chi connectivity index (χ0) is 17.1. The molecule has 0 spiro atoms. The lowest BCUT2D eigenvalue weighted by Crippen LogP contribution is -2.06. The molecule has 1 heterocycles. The molecule has 0 saturated carbocycles. The van der Waals surface area contributed by atoms with Gasteiger partial charge in [0.15, 0.2) is 0 Å². The van der Waals surface area contributed by atoms with Gasteiger partial charge in [-0.05, 0) is 56.9 Å². The Balaban J connectivity index is 1.87. The molecule has 0 radical (unpaired) electrons. The van der Waals surface area contributed by atoms with Gasteiger partial charge in [0.25, 0.3) is 5.89 Å². The maximum atomic E-state index is 9.32. The van der Waals surface area contributed by atoms with Crippen molar-refractivity contribution in [2.24, 2.45) is 0 Å². The molecule has 122 valence electrons. The molecule has 1 aromatic carbocycles. The Bertz CT molecular complexity index is 841. The van der Waals surface area contributed by atoms with Crippen LogP contribution in [-0.2, 0) is 0 Å². The zero-order valence-electron chi connectivity index (χ0n) is 13.9. The standard InChI is InChI=1S/C19H19N3O2/c1-12(2)23-17-9-8-15(10-16(17)11-20)19-21-18(22-24-19)13(3)14-6-4-5-7-14/h6,8-10,12H,3-5,7H2,1-2H3. The summed E-state index contributed by atoms with van der Waals surface area (Å²) >= 11 is 0. The third-order valence-corrected chi connectivity index (χ3v) is 3.83. The molecule has 3 rings (SSSR count). The van der Waals surface area contributed by atoms with Gasteiger partial charge < -0.3 is 9.26 Å². The largest absolute Gasteiger partial charge is 0.490 e. The minimum atomic E-state index is 0.000896. The van der Waals surface area contributed by atoms with Crippen LogP contribution in [0, 0.1) is 11.3 Å². The predicted molar refractivity (Wildman–Crippen MR) is 91.2 cm³/mol. The molecule has 1 aromatic heterocycles. The van der Waals surface area contributed by atoms with E-state index in [9.17, 15) is 5.26 Å². The van der Waals surface area contributed by atoms with E-state index in [0.29, 0.717) is 28.6 Å². The van der Waals surface area contributed by atoms with Crippen molar-refractivity contribution in [1.82, 2.24) is 10.1 Å². The number of ether oxygens (including phenoxy) is 1. The van der Waals surface area contributed by atoms with Gasteiger partial charge in [-0.3, -0.25) is 0 Å². The van der Waals surface area contributed by atoms with Gasteiger partial charge in [0.05, 0.1) is 11.7 Å². The van der Waals surface area contributed by atoms with Gasteiger partial charge in [-0.1, -0.05) is 17.8 Å². The summed E-state index contributed by atoms with van der Waals surface area (Å²) in [6.45, 7) is 7.91. The number of hydrogen-bond donors (Lipinski definition) is 0. The van der Waals surface area contributed by atoms with Gasteiger partial charge in [-0.25, -0.2) is 0 Å². The Kier molecular flexibility index (Phi) is 4.48. The number of nitriles is 1. The highest BCUT2D eigenvalue weighted by Crippen LogP contribution is 2.31. The fourth-order valence-corrected chi connectivity index (χ4v) is 2.66. The van der Waals surface area contributed by atoms with Crippen LogP contribution < -0.4 is 4.74 Å². The molecule has 1 aliphatic rings. The van der Waals surface area contributed by atoms with Crippen LogP contribution in [0.4, 0.5) is 0 Å². The lowest BCUT2D eigenvalue weighted by atomic mass is 10.1. The average Bonchev–Trinajstić information content (AvgIpc) is 3.26. The minimum Gasteiger partial charge on any atom is -0.490 e. The van der Waals surface area contributed by atoms with Crippen LogP contribution in [0.15, 0.2) is 41.0 Å². The second-order valence-electron chi connectivity index (χ2n) is 6.01. The third kappa shape index (κ3) is 3.23. The molecule has 0 unspecified atom stereocenters. The Morgan fingerprint density at radius 3 is 2.92 bits per heavy atom. The van der Waals surface area contributed by atoms with Gasteiger partial charge >= 0.3 is 0 Å². The van der Waals surface area contributed by atoms with E-state index >= 15 is 0 Å². The van der Waals surface area contributed by atoms with Gasteiger partial charge in [0, 0.05) is 11.1 Å². The van der Waals surface area contributed by atoms with Crippen LogP contribution in [0.5, 0.6) is 5.75 Å². The van der Waals surface area contributed by atoms with E-state index < -0.39 is 0 Å². The molecule has 2 aromatic rings. The molecule has 0 atom stereocenters. The summed E-state index contributed by atoms with van der Waals surface area (Å²) in [4.78, 5) is 4.42. The van der Waals surface area contributed by atoms with Crippen molar-refractivity contribution >= 4 is 5.57 Å². The Morgan fingerprint density at radius 2 is 2.25 bits per heavy atom. The van der Waals surface area contributed by atoms with Gasteiger partial charge in [0.1, 0.15) is 11.8 Å². The second-order valence-corrected chi connectivity index (χ2v) is 6.01. The SMILES string of the molecule is C=C(C1=CCCC1)c1noc(-c2ccc(OC(C)C)c(C#N)c2)n1. The molecule has 0 aliphatic heterocycles. The Hall–Kier alpha value is -2.87. The molecule has 0 bridgehead atoms. The third-order valence-electron chi connectivity index (χ3n) is 3.83. The van der Waals surface area contributed by atoms with Crippen molar-refractivity contribution < 1.29 is 9.26 Å². The Labute approximate surface area is 141 Å². The summed E-state index contributed by atoms with van der Waals surface area (Å²) < 4.78 is 11.0. The molecule has 1 aliphatic carbocycles. The minimum absolute atomic E-state index is 0.000896. The van der Waals surface area contributed by atoms with Crippen molar-refractivity contribution in [2.45, 2.75) is 39.2 Å². The predicted octanol–water partition coefficient (Wildman–Crippen LogP) is 4.52. The maximum absolute atomic E-state index is 9.32. The van der Waals surface area contributed by atoms with Crippen LogP contribution in [0.25, 0.3) is 17.0 Å². The summed E-state index contributed by atoms with van der Waals surface area (Å²) in [6, 6.07) is 7.41. The van der Waals surface area contributed by atoms with Crippen LogP contribution in [0.3, 0.4) is 0 Å². The van der Waals surface area contributed by atoms with Gasteiger partial charge in [-0.2, -0.15) is 10.2 Å². The molecule has 0 N–H and O–H groups in total. The number of rotatable bonds is 5. The van der Waals surface area contributed by atoms with Crippen molar-refractivity contribution in [3.05, 3.63) is 47.8 Å². The van der Waals surface area contributed by atoms with Crippen LogP contribution in [0.2, 0.25) is 0 Å². The van der Waals surface area contributed by atoms with E-state index in [1.165, 1.54) is 5.57 Å². The second kappa shape index (κ2) is 6.71. The highest BCUT2D eigenvalue weighted by atomic mass is 16.5. The molecule has 5 nitrogen and oxygen atoms in total. The lowest BCUT2D eigenvalue weighted by Gasteiger charge is -2.11. The molecule has 0 fully saturated rings. The normalized spacial score (nSPS) is 13.7. The number of allylic oxidation sites excluding steroid dienone is 3. The summed E-state index contributed by atoms with van der Waals surface area (Å²) in [5.74, 6) is 1.42. The molecule has 0 amide bonds. The highest BCUT2D eigenvalue weighted by molar-refractivity contribution is 5.74. The summed E-state index contributed by atoms with van der Waals surface area (Å²) in [5.41, 5.74) is 3.12. The first-order valence-corrected chi connectivity index (χ1v) is 8.02. The number of nitrogens with zero attached hydrogens (tertiary/aromatic N) is 3. The van der Waals surface area contributed by atoms with Gasteiger partial charge in [-0.15, -0.1) is 0 Å². The smallest absolute Gasteiger partial charge is 0.258 e. The lowest BCUT2D eigenvalue weighted by molar-refractivity contribution is 0.242. The van der Waals surface area contributed by atoms with Crippen molar-refractivity contribution in [2.75, 3.05) is 0 Å². The van der Waals surface area contributed by atoms with E-state index in [0.717, 1.165) is 24.8 Å². The van der Waals surface area contributed by atoms with Gasteiger partial charge in [0.2, 0.25) is 5.82 Å². The average molecular weight is 321 g/mol. The van der Waals surface area contributed by atoms with E-state index in [1.54, 1.807) is 12.1 Å². The number of benzene rings is 1. The monoisotopic (exact) mass is 321 g/mol. The molecular formula is C19H19N3O2. The first kappa shape index (κ1) is 16.0. The first-order chi connectivity index (χ1) is 11.6. The quantitative estimate of drug-likeness (QED) is 0.809. The molecule has 24 heavy (non-hydrogen) atoms. The van der Waals surface area contributed by atoms with Crippen molar-refractivity contribution in [3.8, 4) is 23.3 Å². The fourth-order valence-electron chi connectivity index (χ4n) is 2.66. The Morgan fingerprint density at radius 1 is 1.42 bits per heavy atom. The van der Waals surface area contributed by atoms with Crippen LogP contribution >= 0.6 is 0 Å². The van der Waals surface area contributed by atoms with Crippen molar-refractivity contribution in [3.63, 3.8) is 0 Å². The van der Waals surface area contributed by atoms with Crippen LogP contribution in [0.1, 0.15) is 44.5 Å². The fraction of sp³-hybridized carbons (Fsp3) is 0.316. The highest BCUT2D eigenvalue weighted by Gasteiger charge is 2.17. The molecular weight excluding hydrogens is 302 g/mol. The van der Waals surface area contributed by atoms with E-state index in [-0.39, 0.29) is 6.10 Å². The van der Waals surface area contributed by atoms with Crippen LogP contribution in [-0.4, -0.2) is 16.2 Å². The zero-order valence-corrected chi connectivity index (χ0v) is 13.9. The van der Waals surface area contributed by atoms with E-state index in [2.05, 4.69) is 28.9 Å². The van der Waals surface area contributed by atoms with E-state index in [1.807, 2.05) is 19.9 Å². The first-order valence-electron chi connectivity index (χ1n) is 8.02. The van der Waals surface area contributed by atoms with E-state index in [4.69, 9.17) is 9.26 Å². The number of aromatic nitrogens is 2. The summed E-state index contributed by atoms with van der Waals surface area (Å²) in [7, 11) is 0. The van der Waals surface area contributed by atoms with Crippen molar-refractivity contribution in [1.29, 1.82) is 5.26 Å². The number of hydrogen-bond acceptors (Lipinski definition) is 5. The maximum Gasteiger partial charge on any atom is 0.258 e. The summed E-state index contributed by atoms with van der Waals surface area (Å²) in [5, 5.41) is 13.3. The molecule has 0 saturated heterocycles.